The van der Waals surface area contributed by atoms with Crippen molar-refractivity contribution in [2.75, 3.05) is 7.05 Å². The lowest BCUT2D eigenvalue weighted by Crippen LogP contribution is -2.16. The molecule has 4 rings (SSSR count). The second-order valence-electron chi connectivity index (χ2n) is 6.05. The number of hydrogen-bond acceptors (Lipinski definition) is 3. The zero-order chi connectivity index (χ0) is 16.4. The lowest BCUT2D eigenvalue weighted by atomic mass is 10.2. The molecule has 0 amide bonds. The van der Waals surface area contributed by atoms with Crippen LogP contribution in [-0.2, 0) is 13.1 Å². The first kappa shape index (κ1) is 14.7. The zero-order valence-corrected chi connectivity index (χ0v) is 13.6. The van der Waals surface area contributed by atoms with Gasteiger partial charge in [0, 0.05) is 23.7 Å². The van der Waals surface area contributed by atoms with Crippen molar-refractivity contribution < 1.29 is 4.42 Å². The number of aromatic nitrogens is 2. The number of furan rings is 1. The van der Waals surface area contributed by atoms with Crippen LogP contribution in [0.2, 0.25) is 0 Å². The number of rotatable bonds is 5. The molecule has 0 aliphatic heterocycles. The third kappa shape index (κ3) is 3.09. The van der Waals surface area contributed by atoms with Crippen molar-refractivity contribution in [2.24, 2.45) is 0 Å². The van der Waals surface area contributed by atoms with Gasteiger partial charge in [-0.2, -0.15) is 5.10 Å². The minimum Gasteiger partial charge on any atom is -0.460 e. The van der Waals surface area contributed by atoms with Gasteiger partial charge in [0.2, 0.25) is 0 Å². The van der Waals surface area contributed by atoms with Crippen LogP contribution < -0.4 is 0 Å². The van der Waals surface area contributed by atoms with Crippen molar-refractivity contribution in [3.8, 4) is 5.69 Å². The Balaban J connectivity index is 1.44. The Bertz CT molecular complexity index is 907. The highest BCUT2D eigenvalue weighted by Crippen LogP contribution is 2.20. The van der Waals surface area contributed by atoms with E-state index >= 15 is 0 Å². The molecule has 2 aromatic heterocycles. The van der Waals surface area contributed by atoms with Crippen molar-refractivity contribution in [3.63, 3.8) is 0 Å². The average Bonchev–Trinajstić information content (AvgIpc) is 3.21. The molecule has 2 heterocycles. The minimum absolute atomic E-state index is 0.769. The van der Waals surface area contributed by atoms with Gasteiger partial charge in [-0.25, -0.2) is 4.68 Å². The van der Waals surface area contributed by atoms with Crippen LogP contribution in [0.1, 0.15) is 11.3 Å². The van der Waals surface area contributed by atoms with E-state index in [-0.39, 0.29) is 0 Å². The van der Waals surface area contributed by atoms with Crippen LogP contribution in [0.4, 0.5) is 0 Å². The van der Waals surface area contributed by atoms with Gasteiger partial charge < -0.3 is 4.42 Å². The van der Waals surface area contributed by atoms with Crippen molar-refractivity contribution in [1.29, 1.82) is 0 Å². The van der Waals surface area contributed by atoms with Gasteiger partial charge in [-0.15, -0.1) is 0 Å². The van der Waals surface area contributed by atoms with Gasteiger partial charge in [0.05, 0.1) is 18.4 Å². The number of fused-ring (bicyclic) bond motifs is 1. The summed E-state index contributed by atoms with van der Waals surface area (Å²) in [4.78, 5) is 2.23. The molecule has 0 unspecified atom stereocenters. The molecule has 0 atom stereocenters. The van der Waals surface area contributed by atoms with Crippen LogP contribution in [0.3, 0.4) is 0 Å². The van der Waals surface area contributed by atoms with Gasteiger partial charge in [0.15, 0.2) is 0 Å². The molecule has 0 N–H and O–H groups in total. The second-order valence-corrected chi connectivity index (χ2v) is 6.05. The Morgan fingerprint density at radius 1 is 1.00 bits per heavy atom. The first-order chi connectivity index (χ1) is 11.8. The Hall–Kier alpha value is -2.85. The van der Waals surface area contributed by atoms with Crippen LogP contribution in [0.5, 0.6) is 0 Å². The van der Waals surface area contributed by atoms with Gasteiger partial charge in [-0.05, 0) is 31.3 Å². The van der Waals surface area contributed by atoms with Gasteiger partial charge in [0.25, 0.3) is 0 Å². The monoisotopic (exact) mass is 317 g/mol. The maximum atomic E-state index is 5.89. The maximum Gasteiger partial charge on any atom is 0.134 e. The predicted molar refractivity (Wildman–Crippen MR) is 94.9 cm³/mol. The summed E-state index contributed by atoms with van der Waals surface area (Å²) in [6.07, 6.45) is 3.99. The van der Waals surface area contributed by atoms with Crippen LogP contribution in [0.15, 0.2) is 77.5 Å². The highest BCUT2D eigenvalue weighted by Gasteiger charge is 2.08. The molecular formula is C20H19N3O. The summed E-state index contributed by atoms with van der Waals surface area (Å²) >= 11 is 0. The normalized spacial score (nSPS) is 11.4. The first-order valence-electron chi connectivity index (χ1n) is 8.03. The molecule has 4 heteroatoms. The van der Waals surface area contributed by atoms with E-state index in [1.54, 1.807) is 0 Å². The topological polar surface area (TPSA) is 34.2 Å². The smallest absolute Gasteiger partial charge is 0.134 e. The van der Waals surface area contributed by atoms with Crippen molar-refractivity contribution in [3.05, 3.63) is 84.4 Å². The number of para-hydroxylation sites is 2. The minimum atomic E-state index is 0.769. The molecule has 24 heavy (non-hydrogen) atoms. The SMILES string of the molecule is CN(Cc1cnn(-c2ccccc2)c1)Cc1cc2ccccc2o1. The summed E-state index contributed by atoms with van der Waals surface area (Å²) in [6, 6.07) is 20.4. The lowest BCUT2D eigenvalue weighted by molar-refractivity contribution is 0.292. The van der Waals surface area contributed by atoms with E-state index in [4.69, 9.17) is 4.42 Å². The van der Waals surface area contributed by atoms with Crippen LogP contribution in [0.25, 0.3) is 16.7 Å². The van der Waals surface area contributed by atoms with E-state index in [1.807, 2.05) is 47.3 Å². The Morgan fingerprint density at radius 3 is 2.62 bits per heavy atom. The molecule has 0 fully saturated rings. The maximum absolute atomic E-state index is 5.89. The lowest BCUT2D eigenvalue weighted by Gasteiger charge is -2.13. The molecule has 4 aromatic rings. The summed E-state index contributed by atoms with van der Waals surface area (Å²) in [5.74, 6) is 0.981. The fraction of sp³-hybridized carbons (Fsp3) is 0.150. The third-order valence-corrected chi connectivity index (χ3v) is 4.01. The summed E-state index contributed by atoms with van der Waals surface area (Å²) in [5.41, 5.74) is 3.19. The molecule has 0 spiro atoms. The van der Waals surface area contributed by atoms with E-state index in [2.05, 4.69) is 47.5 Å². The number of hydrogen-bond donors (Lipinski definition) is 0. The molecule has 0 saturated carbocycles. The number of benzene rings is 2. The summed E-state index contributed by atoms with van der Waals surface area (Å²) in [6.45, 7) is 1.59. The van der Waals surface area contributed by atoms with E-state index in [9.17, 15) is 0 Å². The standard InChI is InChI=1S/C20H19N3O/c1-22(15-19-11-17-7-5-6-10-20(17)24-19)13-16-12-21-23(14-16)18-8-3-2-4-9-18/h2-12,14H,13,15H2,1H3. The molecule has 0 aliphatic rings. The largest absolute Gasteiger partial charge is 0.460 e. The summed E-state index contributed by atoms with van der Waals surface area (Å²) < 4.78 is 7.80. The summed E-state index contributed by atoms with van der Waals surface area (Å²) in [5, 5.41) is 5.60. The van der Waals surface area contributed by atoms with E-state index in [0.717, 1.165) is 35.5 Å². The van der Waals surface area contributed by atoms with E-state index in [0.29, 0.717) is 0 Å². The molecule has 4 nitrogen and oxygen atoms in total. The fourth-order valence-corrected chi connectivity index (χ4v) is 2.91. The quantitative estimate of drug-likeness (QED) is 0.552. The molecule has 0 aliphatic carbocycles. The molecule has 2 aromatic carbocycles. The van der Waals surface area contributed by atoms with Crippen molar-refractivity contribution >= 4 is 11.0 Å². The Morgan fingerprint density at radius 2 is 1.79 bits per heavy atom. The second kappa shape index (κ2) is 6.34. The number of nitrogens with zero attached hydrogens (tertiary/aromatic N) is 3. The summed E-state index contributed by atoms with van der Waals surface area (Å²) in [7, 11) is 2.09. The van der Waals surface area contributed by atoms with Gasteiger partial charge >= 0.3 is 0 Å². The predicted octanol–water partition coefficient (Wildman–Crippen LogP) is 4.25. The zero-order valence-electron chi connectivity index (χ0n) is 13.6. The molecule has 120 valence electrons. The van der Waals surface area contributed by atoms with Crippen LogP contribution in [-0.4, -0.2) is 21.7 Å². The molecule has 0 bridgehead atoms. The first-order valence-corrected chi connectivity index (χ1v) is 8.03. The third-order valence-electron chi connectivity index (χ3n) is 4.01. The Kier molecular flexibility index (Phi) is 3.89. The van der Waals surface area contributed by atoms with Crippen molar-refractivity contribution in [2.45, 2.75) is 13.1 Å². The molecule has 0 saturated heterocycles. The fourth-order valence-electron chi connectivity index (χ4n) is 2.91. The Labute approximate surface area is 140 Å². The van der Waals surface area contributed by atoms with Gasteiger partial charge in [0.1, 0.15) is 11.3 Å². The van der Waals surface area contributed by atoms with Gasteiger partial charge in [-0.1, -0.05) is 36.4 Å². The molecular weight excluding hydrogens is 298 g/mol. The molecule has 0 radical (unpaired) electrons. The van der Waals surface area contributed by atoms with Crippen LogP contribution >= 0.6 is 0 Å². The van der Waals surface area contributed by atoms with E-state index < -0.39 is 0 Å². The highest BCUT2D eigenvalue weighted by atomic mass is 16.3. The van der Waals surface area contributed by atoms with Crippen LogP contribution in [0, 0.1) is 0 Å². The highest BCUT2D eigenvalue weighted by molar-refractivity contribution is 5.77. The van der Waals surface area contributed by atoms with Gasteiger partial charge in [-0.3, -0.25) is 4.90 Å². The average molecular weight is 317 g/mol. The van der Waals surface area contributed by atoms with Crippen molar-refractivity contribution in [1.82, 2.24) is 14.7 Å². The van der Waals surface area contributed by atoms with E-state index in [1.165, 1.54) is 5.56 Å².